The summed E-state index contributed by atoms with van der Waals surface area (Å²) >= 11 is 14.6. The summed E-state index contributed by atoms with van der Waals surface area (Å²) in [5.41, 5.74) is 4.35. The smallest absolute Gasteiger partial charge is 0.124 e. The third kappa shape index (κ3) is 2.59. The molecular weight excluding hydrogens is 361 g/mol. The predicted molar refractivity (Wildman–Crippen MR) is 103 cm³/mol. The second-order valence-electron chi connectivity index (χ2n) is 6.00. The fourth-order valence-corrected chi connectivity index (χ4v) is 5.30. The molecule has 0 atom stereocenters. The highest BCUT2D eigenvalue weighted by Crippen LogP contribution is 2.45. The lowest BCUT2D eigenvalue weighted by Gasteiger charge is -2.14. The van der Waals surface area contributed by atoms with Gasteiger partial charge in [-0.3, -0.25) is 0 Å². The van der Waals surface area contributed by atoms with Crippen molar-refractivity contribution in [1.82, 2.24) is 4.98 Å². The molecule has 0 spiro atoms. The first-order chi connectivity index (χ1) is 11.7. The molecule has 0 saturated heterocycles. The first-order valence-corrected chi connectivity index (χ1v) is 9.79. The largest absolute Gasteiger partial charge is 0.497 e. The maximum atomic E-state index is 6.72. The molecule has 2 nitrogen and oxygen atoms in total. The number of hydrogen-bond acceptors (Lipinski definition) is 3. The summed E-state index contributed by atoms with van der Waals surface area (Å²) in [5, 5.41) is 1.90. The summed E-state index contributed by atoms with van der Waals surface area (Å²) in [5.74, 6) is 1.16. The maximum absolute atomic E-state index is 6.72. The second kappa shape index (κ2) is 6.55. The van der Waals surface area contributed by atoms with E-state index < -0.39 is 0 Å². The lowest BCUT2D eigenvalue weighted by atomic mass is 9.92. The quantitative estimate of drug-likeness (QED) is 0.503. The summed E-state index contributed by atoms with van der Waals surface area (Å²) in [4.78, 5) is 7.27. The van der Waals surface area contributed by atoms with Gasteiger partial charge in [0.2, 0.25) is 0 Å². The van der Waals surface area contributed by atoms with Crippen LogP contribution in [0.15, 0.2) is 24.3 Å². The van der Waals surface area contributed by atoms with Crippen molar-refractivity contribution in [2.75, 3.05) is 7.11 Å². The molecule has 0 amide bonds. The van der Waals surface area contributed by atoms with Gasteiger partial charge in [-0.25, -0.2) is 4.98 Å². The summed E-state index contributed by atoms with van der Waals surface area (Å²) in [6.45, 7) is 0. The van der Waals surface area contributed by atoms with E-state index in [9.17, 15) is 0 Å². The van der Waals surface area contributed by atoms with Crippen LogP contribution in [-0.2, 0) is 18.7 Å². The zero-order valence-corrected chi connectivity index (χ0v) is 15.7. The number of pyridine rings is 1. The number of methoxy groups -OCH3 is 1. The Hall–Kier alpha value is -1.29. The van der Waals surface area contributed by atoms with Gasteiger partial charge in [-0.1, -0.05) is 23.7 Å². The van der Waals surface area contributed by atoms with E-state index >= 15 is 0 Å². The maximum Gasteiger partial charge on any atom is 0.124 e. The highest BCUT2D eigenvalue weighted by Gasteiger charge is 2.23. The molecular formula is C19H17Cl2NOS. The molecule has 0 unspecified atom stereocenters. The Labute approximate surface area is 155 Å². The fourth-order valence-electron chi connectivity index (χ4n) is 3.43. The van der Waals surface area contributed by atoms with Crippen molar-refractivity contribution in [2.24, 2.45) is 0 Å². The normalized spacial score (nSPS) is 14.0. The zero-order valence-electron chi connectivity index (χ0n) is 13.4. The van der Waals surface area contributed by atoms with Crippen LogP contribution in [0.5, 0.6) is 5.75 Å². The molecule has 2 heterocycles. The van der Waals surface area contributed by atoms with Crippen molar-refractivity contribution in [2.45, 2.75) is 31.6 Å². The Morgan fingerprint density at radius 1 is 1.17 bits per heavy atom. The van der Waals surface area contributed by atoms with Crippen LogP contribution >= 0.6 is 34.5 Å². The standard InChI is InChI=1S/C19H17Cl2NOS/c1-23-12-8-6-11(7-9-12)16-17-13-4-2-3-5-15(13)24-19(17)22-14(10-20)18(16)21/h6-9H,2-5,10H2,1H3. The number of fused-ring (bicyclic) bond motifs is 3. The van der Waals surface area contributed by atoms with E-state index in [1.807, 2.05) is 12.1 Å². The average molecular weight is 378 g/mol. The van der Waals surface area contributed by atoms with Crippen LogP contribution in [0.4, 0.5) is 0 Å². The van der Waals surface area contributed by atoms with E-state index in [1.165, 1.54) is 28.7 Å². The summed E-state index contributed by atoms with van der Waals surface area (Å²) in [6.07, 6.45) is 4.74. The lowest BCUT2D eigenvalue weighted by Crippen LogP contribution is -1.99. The van der Waals surface area contributed by atoms with Gasteiger partial charge in [-0.05, 0) is 48.9 Å². The number of thiophene rings is 1. The van der Waals surface area contributed by atoms with Crippen molar-refractivity contribution in [1.29, 1.82) is 0 Å². The second-order valence-corrected chi connectivity index (χ2v) is 7.73. The predicted octanol–water partition coefficient (Wildman–Crippen LogP) is 6.24. The Morgan fingerprint density at radius 2 is 1.92 bits per heavy atom. The highest BCUT2D eigenvalue weighted by molar-refractivity contribution is 7.19. The van der Waals surface area contributed by atoms with E-state index in [1.54, 1.807) is 18.4 Å². The summed E-state index contributed by atoms with van der Waals surface area (Å²) in [6, 6.07) is 8.06. The Balaban J connectivity index is 2.03. The lowest BCUT2D eigenvalue weighted by molar-refractivity contribution is 0.415. The molecule has 1 aromatic carbocycles. The van der Waals surface area contributed by atoms with Gasteiger partial charge < -0.3 is 4.74 Å². The van der Waals surface area contributed by atoms with Gasteiger partial charge in [0.05, 0.1) is 23.7 Å². The van der Waals surface area contributed by atoms with Gasteiger partial charge in [0.15, 0.2) is 0 Å². The number of rotatable bonds is 3. The van der Waals surface area contributed by atoms with E-state index in [-0.39, 0.29) is 0 Å². The van der Waals surface area contributed by atoms with Crippen molar-refractivity contribution < 1.29 is 4.74 Å². The minimum atomic E-state index is 0.320. The van der Waals surface area contributed by atoms with Gasteiger partial charge in [0.1, 0.15) is 10.6 Å². The van der Waals surface area contributed by atoms with Crippen LogP contribution in [0.2, 0.25) is 5.02 Å². The Morgan fingerprint density at radius 3 is 2.62 bits per heavy atom. The van der Waals surface area contributed by atoms with Crippen molar-refractivity contribution >= 4 is 44.8 Å². The van der Waals surface area contributed by atoms with Gasteiger partial charge in [-0.2, -0.15) is 0 Å². The van der Waals surface area contributed by atoms with Gasteiger partial charge in [-0.15, -0.1) is 22.9 Å². The van der Waals surface area contributed by atoms with E-state index in [2.05, 4.69) is 12.1 Å². The molecule has 1 aliphatic carbocycles. The van der Waals surface area contributed by atoms with Crippen LogP contribution in [0.25, 0.3) is 21.3 Å². The summed E-state index contributed by atoms with van der Waals surface area (Å²) < 4.78 is 5.28. The van der Waals surface area contributed by atoms with Crippen LogP contribution in [0, 0.1) is 0 Å². The van der Waals surface area contributed by atoms with Crippen LogP contribution < -0.4 is 4.74 Å². The van der Waals surface area contributed by atoms with Gasteiger partial charge >= 0.3 is 0 Å². The number of halogens is 2. The van der Waals surface area contributed by atoms with Gasteiger partial charge in [0, 0.05) is 15.8 Å². The molecule has 5 heteroatoms. The monoisotopic (exact) mass is 377 g/mol. The van der Waals surface area contributed by atoms with Crippen LogP contribution in [-0.4, -0.2) is 12.1 Å². The number of aromatic nitrogens is 1. The average Bonchev–Trinajstić information content (AvgIpc) is 2.99. The number of nitrogens with zero attached hydrogens (tertiary/aromatic N) is 1. The first-order valence-electron chi connectivity index (χ1n) is 8.06. The van der Waals surface area contributed by atoms with Crippen molar-refractivity contribution in [3.8, 4) is 16.9 Å². The molecule has 24 heavy (non-hydrogen) atoms. The molecule has 3 aromatic rings. The molecule has 0 aliphatic heterocycles. The van der Waals surface area contributed by atoms with Crippen LogP contribution in [0.3, 0.4) is 0 Å². The molecule has 1 aliphatic rings. The fraction of sp³-hybridized carbons (Fsp3) is 0.316. The van der Waals surface area contributed by atoms with E-state index in [0.29, 0.717) is 10.9 Å². The molecule has 124 valence electrons. The number of aryl methyl sites for hydroxylation is 2. The van der Waals surface area contributed by atoms with E-state index in [0.717, 1.165) is 40.2 Å². The Bertz CT molecular complexity index is 902. The SMILES string of the molecule is COc1ccc(-c2c(Cl)c(CCl)nc3sc4c(c23)CCCC4)cc1. The molecule has 0 fully saturated rings. The molecule has 0 saturated carbocycles. The molecule has 2 aromatic heterocycles. The topological polar surface area (TPSA) is 22.1 Å². The molecule has 4 rings (SSSR count). The molecule has 0 N–H and O–H groups in total. The van der Waals surface area contributed by atoms with Crippen molar-refractivity contribution in [3.05, 3.63) is 45.4 Å². The molecule has 0 bridgehead atoms. The Kier molecular flexibility index (Phi) is 4.42. The van der Waals surface area contributed by atoms with Crippen LogP contribution in [0.1, 0.15) is 29.0 Å². The van der Waals surface area contributed by atoms with E-state index in [4.69, 9.17) is 32.9 Å². The van der Waals surface area contributed by atoms with Crippen molar-refractivity contribution in [3.63, 3.8) is 0 Å². The molecule has 0 radical (unpaired) electrons. The third-order valence-corrected chi connectivity index (χ3v) is 6.46. The minimum Gasteiger partial charge on any atom is -0.497 e. The minimum absolute atomic E-state index is 0.320. The highest BCUT2D eigenvalue weighted by atomic mass is 35.5. The summed E-state index contributed by atoms with van der Waals surface area (Å²) in [7, 11) is 1.67. The number of benzene rings is 1. The number of hydrogen-bond donors (Lipinski definition) is 0. The first kappa shape index (κ1) is 16.2. The zero-order chi connectivity index (χ0) is 16.7. The van der Waals surface area contributed by atoms with Gasteiger partial charge in [0.25, 0.3) is 0 Å². The third-order valence-electron chi connectivity index (χ3n) is 4.62. The number of alkyl halides is 1. The number of ether oxygens (including phenoxy) is 1.